The molecular formula is C8H16N2O. The Balaban J connectivity index is 2.18. The van der Waals surface area contributed by atoms with Crippen LogP contribution in [0.15, 0.2) is 0 Å². The molecule has 0 radical (unpaired) electrons. The van der Waals surface area contributed by atoms with Crippen LogP contribution in [0.1, 0.15) is 26.2 Å². The van der Waals surface area contributed by atoms with E-state index in [1.54, 1.807) is 7.05 Å². The molecule has 1 fully saturated rings. The summed E-state index contributed by atoms with van der Waals surface area (Å²) in [4.78, 5) is 11.0. The third-order valence-corrected chi connectivity index (χ3v) is 2.23. The first-order valence-electron chi connectivity index (χ1n) is 4.21. The van der Waals surface area contributed by atoms with Crippen LogP contribution in [0.4, 0.5) is 0 Å². The minimum atomic E-state index is -0.0368. The van der Waals surface area contributed by atoms with Gasteiger partial charge in [0.15, 0.2) is 0 Å². The molecule has 0 unspecified atom stereocenters. The Morgan fingerprint density at radius 3 is 2.55 bits per heavy atom. The molecule has 1 aliphatic rings. The zero-order valence-corrected chi connectivity index (χ0v) is 7.18. The van der Waals surface area contributed by atoms with Crippen molar-refractivity contribution in [1.82, 2.24) is 10.6 Å². The number of amides is 1. The van der Waals surface area contributed by atoms with Crippen molar-refractivity contribution in [2.45, 2.75) is 38.3 Å². The average molecular weight is 156 g/mol. The molecule has 1 aliphatic carbocycles. The van der Waals surface area contributed by atoms with Gasteiger partial charge in [-0.3, -0.25) is 4.79 Å². The average Bonchev–Trinajstić information content (AvgIpc) is 1.94. The Morgan fingerprint density at radius 1 is 1.55 bits per heavy atom. The van der Waals surface area contributed by atoms with E-state index in [1.807, 2.05) is 6.92 Å². The van der Waals surface area contributed by atoms with Gasteiger partial charge >= 0.3 is 0 Å². The fraction of sp³-hybridized carbons (Fsp3) is 0.875. The number of hydrogen-bond donors (Lipinski definition) is 2. The van der Waals surface area contributed by atoms with Gasteiger partial charge in [0.05, 0.1) is 6.04 Å². The van der Waals surface area contributed by atoms with Crippen molar-refractivity contribution in [2.75, 3.05) is 7.05 Å². The summed E-state index contributed by atoms with van der Waals surface area (Å²) in [5.41, 5.74) is 0. The second-order valence-corrected chi connectivity index (χ2v) is 3.13. The highest BCUT2D eigenvalue weighted by Gasteiger charge is 2.21. The van der Waals surface area contributed by atoms with E-state index in [2.05, 4.69) is 10.6 Å². The first kappa shape index (κ1) is 8.53. The molecule has 11 heavy (non-hydrogen) atoms. The fourth-order valence-corrected chi connectivity index (χ4v) is 1.22. The van der Waals surface area contributed by atoms with Gasteiger partial charge in [0.25, 0.3) is 0 Å². The quantitative estimate of drug-likeness (QED) is 0.615. The molecule has 0 bridgehead atoms. The predicted octanol–water partition coefficient (Wildman–Crippen LogP) is 0.263. The van der Waals surface area contributed by atoms with Gasteiger partial charge in [0.2, 0.25) is 5.91 Å². The van der Waals surface area contributed by atoms with Crippen LogP contribution < -0.4 is 10.6 Å². The monoisotopic (exact) mass is 156 g/mol. The number of hydrogen-bond acceptors (Lipinski definition) is 2. The highest BCUT2D eigenvalue weighted by Crippen LogP contribution is 2.18. The molecule has 0 saturated heterocycles. The van der Waals surface area contributed by atoms with Crippen LogP contribution in [0, 0.1) is 0 Å². The molecule has 3 nitrogen and oxygen atoms in total. The zero-order chi connectivity index (χ0) is 8.27. The lowest BCUT2D eigenvalue weighted by atomic mass is 9.92. The smallest absolute Gasteiger partial charge is 0.236 e. The number of nitrogens with one attached hydrogen (secondary N) is 2. The lowest BCUT2D eigenvalue weighted by Crippen LogP contribution is -2.48. The molecule has 1 rings (SSSR count). The van der Waals surface area contributed by atoms with Gasteiger partial charge in [0, 0.05) is 13.1 Å². The van der Waals surface area contributed by atoms with Crippen LogP contribution in [0.2, 0.25) is 0 Å². The summed E-state index contributed by atoms with van der Waals surface area (Å²) in [7, 11) is 1.67. The van der Waals surface area contributed by atoms with Crippen molar-refractivity contribution >= 4 is 5.91 Å². The van der Waals surface area contributed by atoms with Crippen molar-refractivity contribution < 1.29 is 4.79 Å². The van der Waals surface area contributed by atoms with Crippen molar-refractivity contribution in [3.05, 3.63) is 0 Å². The van der Waals surface area contributed by atoms with Gasteiger partial charge in [0.1, 0.15) is 0 Å². The van der Waals surface area contributed by atoms with E-state index in [1.165, 1.54) is 19.3 Å². The molecule has 0 aromatic heterocycles. The summed E-state index contributed by atoms with van der Waals surface area (Å²) in [5.74, 6) is 0.0805. The van der Waals surface area contributed by atoms with Gasteiger partial charge in [-0.25, -0.2) is 0 Å². The summed E-state index contributed by atoms with van der Waals surface area (Å²) >= 11 is 0. The predicted molar refractivity (Wildman–Crippen MR) is 44.3 cm³/mol. The molecule has 3 heteroatoms. The van der Waals surface area contributed by atoms with Crippen LogP contribution >= 0.6 is 0 Å². The third kappa shape index (κ3) is 2.19. The maximum atomic E-state index is 11.0. The molecule has 0 heterocycles. The summed E-state index contributed by atoms with van der Waals surface area (Å²) in [5, 5.41) is 5.87. The van der Waals surface area contributed by atoms with E-state index in [9.17, 15) is 4.79 Å². The van der Waals surface area contributed by atoms with E-state index in [-0.39, 0.29) is 11.9 Å². The number of carbonyl (C=O) groups is 1. The first-order chi connectivity index (χ1) is 5.24. The highest BCUT2D eigenvalue weighted by atomic mass is 16.2. The first-order valence-corrected chi connectivity index (χ1v) is 4.21. The topological polar surface area (TPSA) is 41.1 Å². The molecule has 0 aliphatic heterocycles. The molecule has 1 amide bonds. The van der Waals surface area contributed by atoms with Crippen LogP contribution in [-0.4, -0.2) is 25.0 Å². The Labute approximate surface area is 67.5 Å². The molecule has 0 spiro atoms. The van der Waals surface area contributed by atoms with Gasteiger partial charge in [-0.2, -0.15) is 0 Å². The normalized spacial score (nSPS) is 20.5. The SMILES string of the molecule is CNC(=O)[C@@H](C)NC1CCC1. The summed E-state index contributed by atoms with van der Waals surface area (Å²) in [6.45, 7) is 1.90. The molecule has 64 valence electrons. The lowest BCUT2D eigenvalue weighted by molar-refractivity contribution is -0.122. The molecule has 0 aromatic rings. The second kappa shape index (κ2) is 3.72. The summed E-state index contributed by atoms with van der Waals surface area (Å²) < 4.78 is 0. The van der Waals surface area contributed by atoms with Gasteiger partial charge in [-0.1, -0.05) is 6.42 Å². The fourth-order valence-electron chi connectivity index (χ4n) is 1.22. The highest BCUT2D eigenvalue weighted by molar-refractivity contribution is 5.80. The lowest BCUT2D eigenvalue weighted by Gasteiger charge is -2.29. The largest absolute Gasteiger partial charge is 0.358 e. The Kier molecular flexibility index (Phi) is 2.88. The van der Waals surface area contributed by atoms with Crippen molar-refractivity contribution in [3.8, 4) is 0 Å². The van der Waals surface area contributed by atoms with Crippen LogP contribution in [0.25, 0.3) is 0 Å². The van der Waals surface area contributed by atoms with E-state index in [0.29, 0.717) is 6.04 Å². The van der Waals surface area contributed by atoms with E-state index in [0.717, 1.165) is 0 Å². The van der Waals surface area contributed by atoms with E-state index >= 15 is 0 Å². The van der Waals surface area contributed by atoms with Gasteiger partial charge in [-0.05, 0) is 19.8 Å². The Hall–Kier alpha value is -0.570. The number of rotatable bonds is 3. The van der Waals surface area contributed by atoms with Crippen molar-refractivity contribution in [3.63, 3.8) is 0 Å². The van der Waals surface area contributed by atoms with E-state index < -0.39 is 0 Å². The number of carbonyl (C=O) groups excluding carboxylic acids is 1. The van der Waals surface area contributed by atoms with Gasteiger partial charge < -0.3 is 10.6 Å². The molecular weight excluding hydrogens is 140 g/mol. The second-order valence-electron chi connectivity index (χ2n) is 3.13. The summed E-state index contributed by atoms with van der Waals surface area (Å²) in [6, 6.07) is 0.549. The Morgan fingerprint density at radius 2 is 2.18 bits per heavy atom. The zero-order valence-electron chi connectivity index (χ0n) is 7.18. The number of likely N-dealkylation sites (N-methyl/N-ethyl adjacent to an activating group) is 1. The minimum absolute atomic E-state index is 0.0368. The van der Waals surface area contributed by atoms with Gasteiger partial charge in [-0.15, -0.1) is 0 Å². The van der Waals surface area contributed by atoms with Crippen LogP contribution in [0.3, 0.4) is 0 Å². The molecule has 1 atom stereocenters. The standard InChI is InChI=1S/C8H16N2O/c1-6(8(11)9-2)10-7-4-3-5-7/h6-7,10H,3-5H2,1-2H3,(H,9,11)/t6-/m1/s1. The van der Waals surface area contributed by atoms with Crippen LogP contribution in [-0.2, 0) is 4.79 Å². The Bertz CT molecular complexity index is 143. The third-order valence-electron chi connectivity index (χ3n) is 2.23. The molecule has 1 saturated carbocycles. The minimum Gasteiger partial charge on any atom is -0.358 e. The summed E-state index contributed by atoms with van der Waals surface area (Å²) in [6.07, 6.45) is 3.75. The van der Waals surface area contributed by atoms with Crippen LogP contribution in [0.5, 0.6) is 0 Å². The van der Waals surface area contributed by atoms with Crippen molar-refractivity contribution in [2.24, 2.45) is 0 Å². The molecule has 2 N–H and O–H groups in total. The van der Waals surface area contributed by atoms with Crippen molar-refractivity contribution in [1.29, 1.82) is 0 Å². The van der Waals surface area contributed by atoms with E-state index in [4.69, 9.17) is 0 Å². The molecule has 0 aromatic carbocycles. The maximum Gasteiger partial charge on any atom is 0.236 e. The maximum absolute atomic E-state index is 11.0.